The number of rotatable bonds is 0. The van der Waals surface area contributed by atoms with Gasteiger partial charge in [0.2, 0.25) is 0 Å². The Balaban J connectivity index is 2.53. The largest absolute Gasteiger partial charge is 0.444 e. The Labute approximate surface area is 92.2 Å². The first-order valence-electron chi connectivity index (χ1n) is 5.48. The Morgan fingerprint density at radius 1 is 1.33 bits per heavy atom. The average molecular weight is 214 g/mol. The maximum Gasteiger partial charge on any atom is 0.410 e. The zero-order chi connectivity index (χ0) is 11.6. The van der Waals surface area contributed by atoms with E-state index in [1.165, 1.54) is 0 Å². The molecule has 88 valence electrons. The first kappa shape index (κ1) is 12.3. The van der Waals surface area contributed by atoms with Crippen LogP contribution in [-0.4, -0.2) is 54.2 Å². The number of amides is 1. The predicted octanol–water partition coefficient (Wildman–Crippen LogP) is 1.56. The molecule has 1 aliphatic heterocycles. The van der Waals surface area contributed by atoms with Gasteiger partial charge in [0.15, 0.2) is 0 Å². The van der Waals surface area contributed by atoms with Crippen molar-refractivity contribution in [3.63, 3.8) is 0 Å². The van der Waals surface area contributed by atoms with Crippen LogP contribution in [0.25, 0.3) is 0 Å². The molecule has 15 heavy (non-hydrogen) atoms. The molecule has 4 nitrogen and oxygen atoms in total. The summed E-state index contributed by atoms with van der Waals surface area (Å²) >= 11 is 0. The summed E-state index contributed by atoms with van der Waals surface area (Å²) in [5.41, 5.74) is -0.403. The summed E-state index contributed by atoms with van der Waals surface area (Å²) in [6.45, 7) is 10.3. The summed E-state index contributed by atoms with van der Waals surface area (Å²) < 4.78 is 5.35. The van der Waals surface area contributed by atoms with E-state index in [4.69, 9.17) is 4.74 Å². The average Bonchev–Trinajstić information content (AvgIpc) is 1.99. The van der Waals surface area contributed by atoms with Crippen molar-refractivity contribution in [1.82, 2.24) is 9.80 Å². The molecule has 0 radical (unpaired) electrons. The van der Waals surface area contributed by atoms with Gasteiger partial charge in [-0.1, -0.05) is 0 Å². The van der Waals surface area contributed by atoms with E-state index in [0.29, 0.717) is 0 Å². The Morgan fingerprint density at radius 3 is 2.40 bits per heavy atom. The molecular weight excluding hydrogens is 192 g/mol. The van der Waals surface area contributed by atoms with E-state index in [-0.39, 0.29) is 12.1 Å². The highest BCUT2D eigenvalue weighted by Crippen LogP contribution is 2.14. The molecular formula is C11H22N2O2. The van der Waals surface area contributed by atoms with Gasteiger partial charge in [0.1, 0.15) is 5.60 Å². The van der Waals surface area contributed by atoms with Crippen molar-refractivity contribution in [3.8, 4) is 0 Å². The second kappa shape index (κ2) is 4.39. The van der Waals surface area contributed by atoms with Crippen molar-refractivity contribution in [1.29, 1.82) is 0 Å². The van der Waals surface area contributed by atoms with Crippen LogP contribution in [0.1, 0.15) is 27.7 Å². The fourth-order valence-electron chi connectivity index (χ4n) is 1.73. The van der Waals surface area contributed by atoms with Crippen molar-refractivity contribution in [2.24, 2.45) is 0 Å². The molecule has 0 aliphatic carbocycles. The van der Waals surface area contributed by atoms with Crippen molar-refractivity contribution >= 4 is 6.09 Å². The van der Waals surface area contributed by atoms with E-state index in [0.717, 1.165) is 19.6 Å². The molecule has 1 heterocycles. The number of hydrogen-bond donors (Lipinski definition) is 0. The molecule has 0 bridgehead atoms. The standard InChI is InChI=1S/C11H22N2O2/c1-9-8-12(5)6-7-13(9)10(14)15-11(2,3)4/h9H,6-8H2,1-5H3/t9-/m0/s1. The summed E-state index contributed by atoms with van der Waals surface area (Å²) in [7, 11) is 2.07. The highest BCUT2D eigenvalue weighted by molar-refractivity contribution is 5.68. The van der Waals surface area contributed by atoms with E-state index < -0.39 is 5.60 Å². The zero-order valence-corrected chi connectivity index (χ0v) is 10.4. The molecule has 1 fully saturated rings. The van der Waals surface area contributed by atoms with Gasteiger partial charge in [0.25, 0.3) is 0 Å². The van der Waals surface area contributed by atoms with Crippen LogP contribution in [0, 0.1) is 0 Å². The fraction of sp³-hybridized carbons (Fsp3) is 0.909. The Kier molecular flexibility index (Phi) is 3.60. The number of likely N-dealkylation sites (N-methyl/N-ethyl adjacent to an activating group) is 1. The lowest BCUT2D eigenvalue weighted by atomic mass is 10.2. The molecule has 0 saturated carbocycles. The van der Waals surface area contributed by atoms with Crippen molar-refractivity contribution in [2.75, 3.05) is 26.7 Å². The third-order valence-corrected chi connectivity index (χ3v) is 2.46. The van der Waals surface area contributed by atoms with Gasteiger partial charge in [0.05, 0.1) is 0 Å². The molecule has 0 N–H and O–H groups in total. The summed E-state index contributed by atoms with van der Waals surface area (Å²) in [6, 6.07) is 0.235. The Morgan fingerprint density at radius 2 is 1.93 bits per heavy atom. The third-order valence-electron chi connectivity index (χ3n) is 2.46. The third kappa shape index (κ3) is 3.70. The maximum atomic E-state index is 11.8. The van der Waals surface area contributed by atoms with Gasteiger partial charge < -0.3 is 14.5 Å². The highest BCUT2D eigenvalue weighted by Gasteiger charge is 2.29. The Bertz CT molecular complexity index is 235. The second-order valence-electron chi connectivity index (χ2n) is 5.29. The van der Waals surface area contributed by atoms with Crippen LogP contribution in [0.4, 0.5) is 4.79 Å². The normalized spacial score (nSPS) is 24.1. The van der Waals surface area contributed by atoms with E-state index in [2.05, 4.69) is 18.9 Å². The van der Waals surface area contributed by atoms with E-state index >= 15 is 0 Å². The minimum atomic E-state index is -0.403. The predicted molar refractivity (Wildman–Crippen MR) is 59.9 cm³/mol. The molecule has 0 aromatic heterocycles. The molecule has 0 aromatic rings. The minimum absolute atomic E-state index is 0.192. The number of piperazine rings is 1. The van der Waals surface area contributed by atoms with E-state index in [1.54, 1.807) is 0 Å². The quantitative estimate of drug-likeness (QED) is 0.613. The lowest BCUT2D eigenvalue weighted by molar-refractivity contribution is 0.00431. The minimum Gasteiger partial charge on any atom is -0.444 e. The summed E-state index contributed by atoms with van der Waals surface area (Å²) in [4.78, 5) is 15.9. The smallest absolute Gasteiger partial charge is 0.410 e. The number of ether oxygens (including phenoxy) is 1. The topological polar surface area (TPSA) is 32.8 Å². The van der Waals surface area contributed by atoms with Crippen molar-refractivity contribution in [2.45, 2.75) is 39.3 Å². The molecule has 1 atom stereocenters. The van der Waals surface area contributed by atoms with Gasteiger partial charge in [-0.3, -0.25) is 0 Å². The van der Waals surface area contributed by atoms with Crippen molar-refractivity contribution in [3.05, 3.63) is 0 Å². The second-order valence-corrected chi connectivity index (χ2v) is 5.29. The molecule has 0 aromatic carbocycles. The monoisotopic (exact) mass is 214 g/mol. The molecule has 1 amide bonds. The van der Waals surface area contributed by atoms with Crippen LogP contribution >= 0.6 is 0 Å². The summed E-state index contributed by atoms with van der Waals surface area (Å²) in [5, 5.41) is 0. The lowest BCUT2D eigenvalue weighted by Gasteiger charge is -2.38. The first-order valence-corrected chi connectivity index (χ1v) is 5.48. The zero-order valence-electron chi connectivity index (χ0n) is 10.4. The molecule has 1 saturated heterocycles. The molecule has 0 unspecified atom stereocenters. The van der Waals surface area contributed by atoms with E-state index in [9.17, 15) is 4.79 Å². The molecule has 0 spiro atoms. The van der Waals surface area contributed by atoms with Crippen LogP contribution in [0.2, 0.25) is 0 Å². The van der Waals surface area contributed by atoms with Gasteiger partial charge in [-0.2, -0.15) is 0 Å². The summed E-state index contributed by atoms with van der Waals surface area (Å²) in [5.74, 6) is 0. The van der Waals surface area contributed by atoms with Gasteiger partial charge in [0, 0.05) is 25.7 Å². The number of carbonyl (C=O) groups excluding carboxylic acids is 1. The molecule has 1 aliphatic rings. The number of hydrogen-bond acceptors (Lipinski definition) is 3. The first-order chi connectivity index (χ1) is 6.79. The van der Waals surface area contributed by atoms with Crippen LogP contribution < -0.4 is 0 Å². The Hall–Kier alpha value is -0.770. The van der Waals surface area contributed by atoms with Crippen molar-refractivity contribution < 1.29 is 9.53 Å². The molecule has 1 rings (SSSR count). The van der Waals surface area contributed by atoms with Gasteiger partial charge >= 0.3 is 6.09 Å². The maximum absolute atomic E-state index is 11.8. The van der Waals surface area contributed by atoms with Crippen LogP contribution in [0.15, 0.2) is 0 Å². The van der Waals surface area contributed by atoms with Crippen LogP contribution in [0.5, 0.6) is 0 Å². The summed E-state index contributed by atoms with van der Waals surface area (Å²) in [6.07, 6.45) is -0.192. The van der Waals surface area contributed by atoms with Crippen LogP contribution in [0.3, 0.4) is 0 Å². The fourth-order valence-corrected chi connectivity index (χ4v) is 1.73. The number of nitrogens with zero attached hydrogens (tertiary/aromatic N) is 2. The molecule has 4 heteroatoms. The van der Waals surface area contributed by atoms with Gasteiger partial charge in [-0.25, -0.2) is 4.79 Å². The lowest BCUT2D eigenvalue weighted by Crippen LogP contribution is -2.53. The SMILES string of the molecule is C[C@H]1CN(C)CCN1C(=O)OC(C)(C)C. The number of carbonyl (C=O) groups is 1. The van der Waals surface area contributed by atoms with E-state index in [1.807, 2.05) is 25.7 Å². The van der Waals surface area contributed by atoms with Gasteiger partial charge in [-0.15, -0.1) is 0 Å². The van der Waals surface area contributed by atoms with Gasteiger partial charge in [-0.05, 0) is 34.7 Å². The highest BCUT2D eigenvalue weighted by atomic mass is 16.6. The van der Waals surface area contributed by atoms with Crippen LogP contribution in [-0.2, 0) is 4.74 Å².